The van der Waals surface area contributed by atoms with E-state index in [-0.39, 0.29) is 22.5 Å². The van der Waals surface area contributed by atoms with Crippen molar-refractivity contribution in [3.8, 4) is 0 Å². The Labute approximate surface area is 132 Å². The summed E-state index contributed by atoms with van der Waals surface area (Å²) in [7, 11) is 3.43. The molecule has 3 nitrogen and oxygen atoms in total. The van der Waals surface area contributed by atoms with Crippen LogP contribution in [0.5, 0.6) is 0 Å². The van der Waals surface area contributed by atoms with E-state index in [0.29, 0.717) is 26.1 Å². The molecule has 1 aromatic rings. The maximum atomic E-state index is 14.2. The molecule has 1 aliphatic heterocycles. The minimum atomic E-state index is -0.548. The first-order chi connectivity index (χ1) is 10.0. The molecule has 118 valence electrons. The molecule has 1 aliphatic rings. The normalized spacial score (nSPS) is 19.5. The molecule has 1 unspecified atom stereocenters. The number of ether oxygens (including phenoxy) is 2. The van der Waals surface area contributed by atoms with Crippen molar-refractivity contribution in [1.82, 2.24) is 5.32 Å². The van der Waals surface area contributed by atoms with Crippen LogP contribution in [0.4, 0.5) is 8.78 Å². The SMILES string of the molecule is CNC(Cc1c(F)ccc(Br)c1F)C1(OC)CCOCC1. The van der Waals surface area contributed by atoms with Crippen molar-refractivity contribution in [3.05, 3.63) is 33.8 Å². The quantitative estimate of drug-likeness (QED) is 0.815. The van der Waals surface area contributed by atoms with E-state index < -0.39 is 17.2 Å². The summed E-state index contributed by atoms with van der Waals surface area (Å²) in [6.45, 7) is 1.19. The van der Waals surface area contributed by atoms with E-state index in [1.807, 2.05) is 0 Å². The summed E-state index contributed by atoms with van der Waals surface area (Å²) in [5.41, 5.74) is -0.388. The van der Waals surface area contributed by atoms with E-state index in [1.165, 1.54) is 12.1 Å². The van der Waals surface area contributed by atoms with E-state index in [9.17, 15) is 8.78 Å². The first-order valence-corrected chi connectivity index (χ1v) is 7.76. The van der Waals surface area contributed by atoms with Crippen LogP contribution in [0.25, 0.3) is 0 Å². The topological polar surface area (TPSA) is 30.5 Å². The summed E-state index contributed by atoms with van der Waals surface area (Å²) in [5.74, 6) is -1.08. The van der Waals surface area contributed by atoms with Gasteiger partial charge in [-0.05, 0) is 41.5 Å². The van der Waals surface area contributed by atoms with Crippen LogP contribution in [-0.2, 0) is 15.9 Å². The fraction of sp³-hybridized carbons (Fsp3) is 0.600. The molecule has 0 saturated carbocycles. The molecule has 1 fully saturated rings. The molecule has 6 heteroatoms. The van der Waals surface area contributed by atoms with Crippen LogP contribution in [0.1, 0.15) is 18.4 Å². The number of likely N-dealkylation sites (N-methyl/N-ethyl adjacent to an activating group) is 1. The zero-order chi connectivity index (χ0) is 15.5. The lowest BCUT2D eigenvalue weighted by Gasteiger charge is -2.42. The Kier molecular flexibility index (Phi) is 5.71. The average molecular weight is 364 g/mol. The van der Waals surface area contributed by atoms with Gasteiger partial charge in [0.2, 0.25) is 0 Å². The van der Waals surface area contributed by atoms with E-state index in [1.54, 1.807) is 14.2 Å². The maximum Gasteiger partial charge on any atom is 0.143 e. The molecule has 0 aromatic heterocycles. The molecule has 0 radical (unpaired) electrons. The maximum absolute atomic E-state index is 14.2. The van der Waals surface area contributed by atoms with Crippen molar-refractivity contribution in [2.24, 2.45) is 0 Å². The summed E-state index contributed by atoms with van der Waals surface area (Å²) in [4.78, 5) is 0. The van der Waals surface area contributed by atoms with Crippen molar-refractivity contribution in [3.63, 3.8) is 0 Å². The van der Waals surface area contributed by atoms with Gasteiger partial charge in [0.1, 0.15) is 11.6 Å². The van der Waals surface area contributed by atoms with Gasteiger partial charge >= 0.3 is 0 Å². The first kappa shape index (κ1) is 16.8. The second-order valence-corrected chi connectivity index (χ2v) is 6.10. The lowest BCUT2D eigenvalue weighted by atomic mass is 9.82. The molecule has 0 aliphatic carbocycles. The Balaban J connectivity index is 2.28. The van der Waals surface area contributed by atoms with Crippen molar-refractivity contribution in [2.75, 3.05) is 27.4 Å². The van der Waals surface area contributed by atoms with Crippen LogP contribution >= 0.6 is 15.9 Å². The lowest BCUT2D eigenvalue weighted by Crippen LogP contribution is -2.55. The fourth-order valence-electron chi connectivity index (χ4n) is 2.92. The van der Waals surface area contributed by atoms with Gasteiger partial charge in [0.25, 0.3) is 0 Å². The smallest absolute Gasteiger partial charge is 0.143 e. The molecule has 1 N–H and O–H groups in total. The number of halogens is 3. The number of rotatable bonds is 5. The summed E-state index contributed by atoms with van der Waals surface area (Å²) in [5, 5.41) is 3.16. The largest absolute Gasteiger partial charge is 0.381 e. The summed E-state index contributed by atoms with van der Waals surface area (Å²) in [6, 6.07) is 2.46. The summed E-state index contributed by atoms with van der Waals surface area (Å²) < 4.78 is 39.5. The Bertz CT molecular complexity index is 493. The Morgan fingerprint density at radius 3 is 2.62 bits per heavy atom. The summed E-state index contributed by atoms with van der Waals surface area (Å²) >= 11 is 3.11. The van der Waals surface area contributed by atoms with Crippen molar-refractivity contribution >= 4 is 15.9 Å². The van der Waals surface area contributed by atoms with Gasteiger partial charge < -0.3 is 14.8 Å². The van der Waals surface area contributed by atoms with Crippen LogP contribution in [0, 0.1) is 11.6 Å². The van der Waals surface area contributed by atoms with E-state index in [4.69, 9.17) is 9.47 Å². The van der Waals surface area contributed by atoms with E-state index in [0.717, 1.165) is 0 Å². The molecule has 21 heavy (non-hydrogen) atoms. The highest BCUT2D eigenvalue weighted by atomic mass is 79.9. The molecule has 1 heterocycles. The number of methoxy groups -OCH3 is 1. The highest BCUT2D eigenvalue weighted by Crippen LogP contribution is 2.32. The van der Waals surface area contributed by atoms with Gasteiger partial charge in [0, 0.05) is 44.8 Å². The number of benzene rings is 1. The van der Waals surface area contributed by atoms with Gasteiger partial charge in [-0.3, -0.25) is 0 Å². The fourth-order valence-corrected chi connectivity index (χ4v) is 3.29. The minimum absolute atomic E-state index is 0.0756. The van der Waals surface area contributed by atoms with Gasteiger partial charge in [-0.15, -0.1) is 0 Å². The second-order valence-electron chi connectivity index (χ2n) is 5.25. The van der Waals surface area contributed by atoms with E-state index >= 15 is 0 Å². The lowest BCUT2D eigenvalue weighted by molar-refractivity contribution is -0.109. The molecular weight excluding hydrogens is 344 g/mol. The van der Waals surface area contributed by atoms with Crippen molar-refractivity contribution in [1.29, 1.82) is 0 Å². The van der Waals surface area contributed by atoms with Crippen LogP contribution in [-0.4, -0.2) is 39.0 Å². The molecule has 1 aromatic carbocycles. The van der Waals surface area contributed by atoms with E-state index in [2.05, 4.69) is 21.2 Å². The predicted octanol–water partition coefficient (Wildman–Crippen LogP) is 3.05. The number of hydrogen-bond donors (Lipinski definition) is 1. The Morgan fingerprint density at radius 1 is 1.38 bits per heavy atom. The van der Waals surface area contributed by atoms with Crippen LogP contribution in [0.15, 0.2) is 16.6 Å². The second kappa shape index (κ2) is 7.13. The van der Waals surface area contributed by atoms with Gasteiger partial charge in [0.05, 0.1) is 10.1 Å². The molecule has 1 saturated heterocycles. The first-order valence-electron chi connectivity index (χ1n) is 6.96. The predicted molar refractivity (Wildman–Crippen MR) is 80.4 cm³/mol. The zero-order valence-corrected chi connectivity index (χ0v) is 13.8. The molecule has 0 amide bonds. The molecule has 0 spiro atoms. The summed E-state index contributed by atoms with van der Waals surface area (Å²) in [6.07, 6.45) is 1.62. The third-order valence-corrected chi connectivity index (χ3v) is 4.89. The minimum Gasteiger partial charge on any atom is -0.381 e. The molecular formula is C15H20BrF2NO2. The highest BCUT2D eigenvalue weighted by molar-refractivity contribution is 9.10. The Hall–Kier alpha value is -0.560. The average Bonchev–Trinajstić information content (AvgIpc) is 2.52. The third kappa shape index (κ3) is 3.44. The monoisotopic (exact) mass is 363 g/mol. The molecule has 2 rings (SSSR count). The van der Waals surface area contributed by atoms with Crippen molar-refractivity contribution < 1.29 is 18.3 Å². The van der Waals surface area contributed by atoms with Crippen molar-refractivity contribution in [2.45, 2.75) is 30.9 Å². The van der Waals surface area contributed by atoms with Gasteiger partial charge in [-0.2, -0.15) is 0 Å². The molecule has 1 atom stereocenters. The Morgan fingerprint density at radius 2 is 2.05 bits per heavy atom. The van der Waals surface area contributed by atoms with Crippen LogP contribution < -0.4 is 5.32 Å². The standard InChI is InChI=1S/C15H20BrF2NO2/c1-19-13(15(20-2)5-7-21-8-6-15)9-10-12(17)4-3-11(16)14(10)18/h3-4,13,19H,5-9H2,1-2H3. The number of nitrogens with one attached hydrogen (secondary N) is 1. The molecule has 0 bridgehead atoms. The van der Waals surface area contributed by atoms with Crippen LogP contribution in [0.3, 0.4) is 0 Å². The third-order valence-electron chi connectivity index (χ3n) is 4.28. The van der Waals surface area contributed by atoms with Gasteiger partial charge in [-0.1, -0.05) is 0 Å². The highest BCUT2D eigenvalue weighted by Gasteiger charge is 2.40. The number of hydrogen-bond acceptors (Lipinski definition) is 3. The van der Waals surface area contributed by atoms with Gasteiger partial charge in [0.15, 0.2) is 0 Å². The van der Waals surface area contributed by atoms with Gasteiger partial charge in [-0.25, -0.2) is 8.78 Å². The van der Waals surface area contributed by atoms with Crippen LogP contribution in [0.2, 0.25) is 0 Å². The zero-order valence-electron chi connectivity index (χ0n) is 12.2.